The van der Waals surface area contributed by atoms with Gasteiger partial charge in [0.2, 0.25) is 5.91 Å². The molecule has 0 radical (unpaired) electrons. The highest BCUT2D eigenvalue weighted by molar-refractivity contribution is 6.16. The van der Waals surface area contributed by atoms with Gasteiger partial charge in [0.15, 0.2) is 0 Å². The zero-order valence-corrected chi connectivity index (χ0v) is 19.1. The van der Waals surface area contributed by atoms with Crippen molar-refractivity contribution < 1.29 is 9.53 Å². The average molecular weight is 470 g/mol. The van der Waals surface area contributed by atoms with Crippen molar-refractivity contribution >= 4 is 28.9 Å². The van der Waals surface area contributed by atoms with Crippen molar-refractivity contribution in [2.24, 2.45) is 5.92 Å². The number of aromatic nitrogens is 2. The van der Waals surface area contributed by atoms with Crippen LogP contribution in [-0.2, 0) is 4.79 Å². The van der Waals surface area contributed by atoms with Crippen molar-refractivity contribution in [3.8, 4) is 11.5 Å². The molecule has 3 atom stereocenters. The molecule has 9 heteroatoms. The molecule has 1 aliphatic heterocycles. The summed E-state index contributed by atoms with van der Waals surface area (Å²) in [5, 5.41) is 12.3. The number of nitrogen functional groups attached to an aromatic ring is 2. The van der Waals surface area contributed by atoms with Gasteiger partial charge in [-0.05, 0) is 61.2 Å². The van der Waals surface area contributed by atoms with Crippen LogP contribution >= 0.6 is 0 Å². The molecular weight excluding hydrogens is 442 g/mol. The van der Waals surface area contributed by atoms with Crippen LogP contribution < -0.4 is 21.5 Å². The van der Waals surface area contributed by atoms with Crippen LogP contribution in [0.2, 0.25) is 0 Å². The van der Waals surface area contributed by atoms with E-state index >= 15 is 0 Å². The van der Waals surface area contributed by atoms with E-state index in [-0.39, 0.29) is 29.5 Å². The molecular formula is C26H27N7O2. The number of carbonyl (C=O) groups is 1. The third-order valence-electron chi connectivity index (χ3n) is 6.62. The first-order valence-electron chi connectivity index (χ1n) is 11.5. The number of nitrogens with one attached hydrogen (secondary N) is 2. The molecule has 35 heavy (non-hydrogen) atoms. The molecule has 1 aromatic heterocycles. The number of carbonyl (C=O) groups excluding carboxylic acids is 1. The van der Waals surface area contributed by atoms with Gasteiger partial charge in [-0.25, -0.2) is 9.97 Å². The summed E-state index contributed by atoms with van der Waals surface area (Å²) < 4.78 is 5.85. The lowest BCUT2D eigenvalue weighted by molar-refractivity contribution is -0.127. The molecule has 1 aliphatic carbocycles. The third-order valence-corrected chi connectivity index (χ3v) is 6.62. The number of hydrogen-bond donors (Lipinski definition) is 4. The summed E-state index contributed by atoms with van der Waals surface area (Å²) in [6, 6.07) is 14.4. The predicted molar refractivity (Wildman–Crippen MR) is 136 cm³/mol. The molecule has 3 unspecified atom stereocenters. The Labute approximate surface area is 203 Å². The minimum Gasteiger partial charge on any atom is -0.457 e. The Kier molecular flexibility index (Phi) is 5.82. The molecule has 178 valence electrons. The maximum Gasteiger partial charge on any atom is 0.246 e. The van der Waals surface area contributed by atoms with E-state index in [1.54, 1.807) is 36.4 Å². The van der Waals surface area contributed by atoms with Crippen LogP contribution in [0.5, 0.6) is 11.5 Å². The highest BCUT2D eigenvalue weighted by atomic mass is 16.5. The van der Waals surface area contributed by atoms with Crippen LogP contribution in [0.3, 0.4) is 0 Å². The standard InChI is InChI=1S/C26H27N7O2/c1-2-22(34)33-13-15-10-20(21(33)11-15)32-26-23(25(29)30-14-31-26)24(28)16-6-8-18(9-7-16)35-19-5-3-4-17(27)12-19/h2-9,12,14-15,20-21,28H,1,10-11,13,27H2,(H3,29,30,31,32). The predicted octanol–water partition coefficient (Wildman–Crippen LogP) is 3.44. The van der Waals surface area contributed by atoms with Crippen molar-refractivity contribution in [3.63, 3.8) is 0 Å². The highest BCUT2D eigenvalue weighted by Gasteiger charge is 2.46. The summed E-state index contributed by atoms with van der Waals surface area (Å²) in [6.45, 7) is 4.38. The number of amides is 1. The zero-order chi connectivity index (χ0) is 24.5. The number of ether oxygens (including phenoxy) is 1. The van der Waals surface area contributed by atoms with Crippen LogP contribution in [0.4, 0.5) is 17.3 Å². The Morgan fingerprint density at radius 3 is 2.66 bits per heavy atom. The summed E-state index contributed by atoms with van der Waals surface area (Å²) in [7, 11) is 0. The Bertz CT molecular complexity index is 1290. The minimum absolute atomic E-state index is 0.0209. The first kappa shape index (κ1) is 22.4. The number of benzene rings is 2. The van der Waals surface area contributed by atoms with Gasteiger partial charge in [0.1, 0.15) is 29.5 Å². The molecule has 1 saturated carbocycles. The van der Waals surface area contributed by atoms with Crippen molar-refractivity contribution in [2.75, 3.05) is 23.3 Å². The smallest absolute Gasteiger partial charge is 0.246 e. The van der Waals surface area contributed by atoms with E-state index in [1.165, 1.54) is 12.4 Å². The monoisotopic (exact) mass is 469 g/mol. The van der Waals surface area contributed by atoms with E-state index in [4.69, 9.17) is 21.6 Å². The van der Waals surface area contributed by atoms with Gasteiger partial charge in [0, 0.05) is 29.9 Å². The molecule has 2 heterocycles. The van der Waals surface area contributed by atoms with Gasteiger partial charge in [0.05, 0.1) is 17.3 Å². The van der Waals surface area contributed by atoms with E-state index in [1.807, 2.05) is 17.0 Å². The number of rotatable bonds is 7. The van der Waals surface area contributed by atoms with Gasteiger partial charge in [-0.1, -0.05) is 12.6 Å². The quantitative estimate of drug-likeness (QED) is 0.236. The molecule has 5 rings (SSSR count). The van der Waals surface area contributed by atoms with E-state index < -0.39 is 0 Å². The molecule has 2 bridgehead atoms. The summed E-state index contributed by atoms with van der Waals surface area (Å²) in [6.07, 6.45) is 4.62. The third kappa shape index (κ3) is 4.40. The van der Waals surface area contributed by atoms with E-state index in [0.717, 1.165) is 19.4 Å². The van der Waals surface area contributed by atoms with Crippen LogP contribution in [0.1, 0.15) is 24.0 Å². The number of nitrogens with two attached hydrogens (primary N) is 2. The lowest BCUT2D eigenvalue weighted by atomic mass is 10.0. The van der Waals surface area contributed by atoms with Crippen molar-refractivity contribution in [3.05, 3.63) is 78.6 Å². The van der Waals surface area contributed by atoms with Crippen LogP contribution in [0, 0.1) is 11.3 Å². The summed E-state index contributed by atoms with van der Waals surface area (Å²) in [5.41, 5.74) is 13.9. The molecule has 9 nitrogen and oxygen atoms in total. The molecule has 2 aromatic carbocycles. The molecule has 0 spiro atoms. The highest BCUT2D eigenvalue weighted by Crippen LogP contribution is 2.40. The minimum atomic E-state index is -0.0559. The molecule has 2 fully saturated rings. The second-order valence-corrected chi connectivity index (χ2v) is 8.91. The Morgan fingerprint density at radius 1 is 1.14 bits per heavy atom. The number of anilines is 3. The first-order chi connectivity index (χ1) is 16.9. The second kappa shape index (κ2) is 9.09. The fourth-order valence-corrected chi connectivity index (χ4v) is 5.03. The number of fused-ring (bicyclic) bond motifs is 2. The van der Waals surface area contributed by atoms with Crippen molar-refractivity contribution in [2.45, 2.75) is 24.9 Å². The fraction of sp³-hybridized carbons (Fsp3) is 0.231. The zero-order valence-electron chi connectivity index (χ0n) is 19.1. The Hall–Kier alpha value is -4.40. The number of nitrogens with zero attached hydrogens (tertiary/aromatic N) is 3. The van der Waals surface area contributed by atoms with E-state index in [2.05, 4.69) is 21.9 Å². The summed E-state index contributed by atoms with van der Waals surface area (Å²) in [5.74, 6) is 2.35. The van der Waals surface area contributed by atoms with Gasteiger partial charge >= 0.3 is 0 Å². The van der Waals surface area contributed by atoms with E-state index in [9.17, 15) is 4.79 Å². The van der Waals surface area contributed by atoms with Gasteiger partial charge in [-0.2, -0.15) is 0 Å². The number of hydrogen-bond acceptors (Lipinski definition) is 8. The SMILES string of the molecule is C=CC(=O)N1CC2CC(Nc3ncnc(N)c3C(=N)c3ccc(Oc4cccc(N)c4)cc3)C1C2. The molecule has 1 amide bonds. The van der Waals surface area contributed by atoms with Crippen LogP contribution in [0.15, 0.2) is 67.5 Å². The van der Waals surface area contributed by atoms with Crippen LogP contribution in [0.25, 0.3) is 0 Å². The largest absolute Gasteiger partial charge is 0.457 e. The van der Waals surface area contributed by atoms with Gasteiger partial charge in [-0.15, -0.1) is 0 Å². The molecule has 3 aromatic rings. The number of likely N-dealkylation sites (tertiary alicyclic amines) is 1. The topological polar surface area (TPSA) is 143 Å². The summed E-state index contributed by atoms with van der Waals surface area (Å²) >= 11 is 0. The van der Waals surface area contributed by atoms with Gasteiger partial charge < -0.3 is 26.4 Å². The maximum absolute atomic E-state index is 12.3. The molecule has 6 N–H and O–H groups in total. The fourth-order valence-electron chi connectivity index (χ4n) is 5.03. The second-order valence-electron chi connectivity index (χ2n) is 8.91. The normalized spacial score (nSPS) is 20.5. The van der Waals surface area contributed by atoms with Gasteiger partial charge in [-0.3, -0.25) is 10.2 Å². The number of piperidine rings is 1. The lowest BCUT2D eigenvalue weighted by Gasteiger charge is -2.33. The maximum atomic E-state index is 12.3. The Balaban J connectivity index is 1.35. The average Bonchev–Trinajstić information content (AvgIpc) is 3.45. The Morgan fingerprint density at radius 2 is 1.94 bits per heavy atom. The van der Waals surface area contributed by atoms with Gasteiger partial charge in [0.25, 0.3) is 0 Å². The summed E-state index contributed by atoms with van der Waals surface area (Å²) in [4.78, 5) is 22.6. The van der Waals surface area contributed by atoms with E-state index in [0.29, 0.717) is 40.0 Å². The van der Waals surface area contributed by atoms with Crippen molar-refractivity contribution in [1.82, 2.24) is 14.9 Å². The molecule has 2 aliphatic rings. The van der Waals surface area contributed by atoms with Crippen LogP contribution in [-0.4, -0.2) is 45.1 Å². The first-order valence-corrected chi connectivity index (χ1v) is 11.5. The van der Waals surface area contributed by atoms with Crippen molar-refractivity contribution in [1.29, 1.82) is 5.41 Å². The molecule has 1 saturated heterocycles. The lowest BCUT2D eigenvalue weighted by Crippen LogP contribution is -2.47.